The number of rotatable bonds is 6. The second-order valence-electron chi connectivity index (χ2n) is 8.78. The highest BCUT2D eigenvalue weighted by Gasteiger charge is 2.52. The summed E-state index contributed by atoms with van der Waals surface area (Å²) in [6, 6.07) is 7.75. The van der Waals surface area contributed by atoms with Crippen molar-refractivity contribution in [2.24, 2.45) is 0 Å². The molecule has 0 radical (unpaired) electrons. The standard InChI is InChI=1S/C22H27N5O5/c1-22(2,3)32-17(28)12-26-18-15(10-24-26)16-11-25(19(18)20(29)23-4)21(30)27(16)31-13-14-8-6-5-7-9-14/h5-10,16,19H,11-13H2,1-4H3,(H,23,29)/t16-,19-/m0/s1. The predicted octanol–water partition coefficient (Wildman–Crippen LogP) is 1.94. The van der Waals surface area contributed by atoms with Gasteiger partial charge in [0.1, 0.15) is 24.8 Å². The van der Waals surface area contributed by atoms with Gasteiger partial charge >= 0.3 is 12.0 Å². The Hall–Kier alpha value is -3.40. The fraction of sp³-hybridized carbons (Fsp3) is 0.455. The maximum atomic E-state index is 13.2. The van der Waals surface area contributed by atoms with Gasteiger partial charge in [-0.15, -0.1) is 0 Å². The van der Waals surface area contributed by atoms with Gasteiger partial charge in [-0.25, -0.2) is 4.79 Å². The van der Waals surface area contributed by atoms with Crippen molar-refractivity contribution in [3.8, 4) is 0 Å². The first-order valence-corrected chi connectivity index (χ1v) is 10.5. The zero-order chi connectivity index (χ0) is 23.0. The molecule has 0 unspecified atom stereocenters. The molecule has 3 heterocycles. The molecule has 0 saturated carbocycles. The maximum absolute atomic E-state index is 13.2. The molecule has 3 amide bonds. The number of hydroxylamine groups is 2. The largest absolute Gasteiger partial charge is 0.459 e. The molecule has 2 aliphatic heterocycles. The Bertz CT molecular complexity index is 1030. The zero-order valence-electron chi connectivity index (χ0n) is 18.6. The van der Waals surface area contributed by atoms with Gasteiger partial charge in [0, 0.05) is 12.6 Å². The smallest absolute Gasteiger partial charge is 0.345 e. The predicted molar refractivity (Wildman–Crippen MR) is 113 cm³/mol. The van der Waals surface area contributed by atoms with Crippen molar-refractivity contribution in [1.29, 1.82) is 0 Å². The number of benzene rings is 1. The van der Waals surface area contributed by atoms with E-state index in [0.29, 0.717) is 11.3 Å². The minimum Gasteiger partial charge on any atom is -0.459 e. The Kier molecular flexibility index (Phi) is 5.64. The van der Waals surface area contributed by atoms with Crippen LogP contribution in [0.1, 0.15) is 49.7 Å². The van der Waals surface area contributed by atoms with Gasteiger partial charge in [0.25, 0.3) is 0 Å². The third kappa shape index (κ3) is 4.05. The van der Waals surface area contributed by atoms with E-state index in [9.17, 15) is 14.4 Å². The van der Waals surface area contributed by atoms with Gasteiger partial charge in [0.15, 0.2) is 6.04 Å². The summed E-state index contributed by atoms with van der Waals surface area (Å²) in [6.45, 7) is 5.68. The van der Waals surface area contributed by atoms with Crippen LogP contribution in [0.5, 0.6) is 0 Å². The number of ether oxygens (including phenoxy) is 1. The number of hydrogen-bond donors (Lipinski definition) is 1. The quantitative estimate of drug-likeness (QED) is 0.687. The Morgan fingerprint density at radius 3 is 2.59 bits per heavy atom. The van der Waals surface area contributed by atoms with Crippen LogP contribution in [-0.2, 0) is 32.3 Å². The first-order chi connectivity index (χ1) is 15.2. The van der Waals surface area contributed by atoms with Crippen molar-refractivity contribution in [3.05, 3.63) is 53.3 Å². The molecule has 1 saturated heterocycles. The molecule has 170 valence electrons. The Labute approximate surface area is 186 Å². The highest BCUT2D eigenvalue weighted by Crippen LogP contribution is 2.44. The van der Waals surface area contributed by atoms with Gasteiger partial charge < -0.3 is 15.0 Å². The SMILES string of the molecule is CNC(=O)[C@@H]1c2c(cnn2CC(=O)OC(C)(C)C)[C@@H]2CN1C(=O)N2OCc1ccccc1. The number of aromatic nitrogens is 2. The first-order valence-electron chi connectivity index (χ1n) is 10.5. The summed E-state index contributed by atoms with van der Waals surface area (Å²) < 4.78 is 6.85. The second kappa shape index (κ2) is 8.27. The molecule has 32 heavy (non-hydrogen) atoms. The summed E-state index contributed by atoms with van der Waals surface area (Å²) in [6.07, 6.45) is 1.59. The van der Waals surface area contributed by atoms with Crippen LogP contribution in [0.4, 0.5) is 4.79 Å². The van der Waals surface area contributed by atoms with Crippen LogP contribution in [-0.4, -0.2) is 56.8 Å². The van der Waals surface area contributed by atoms with Gasteiger partial charge in [-0.2, -0.15) is 10.2 Å². The second-order valence-corrected chi connectivity index (χ2v) is 8.78. The van der Waals surface area contributed by atoms with E-state index in [0.717, 1.165) is 5.56 Å². The van der Waals surface area contributed by atoms with E-state index < -0.39 is 29.7 Å². The van der Waals surface area contributed by atoms with Crippen molar-refractivity contribution in [1.82, 2.24) is 25.1 Å². The van der Waals surface area contributed by atoms with E-state index in [2.05, 4.69) is 10.4 Å². The molecule has 2 aromatic rings. The molecule has 1 aromatic carbocycles. The lowest BCUT2D eigenvalue weighted by molar-refractivity contribution is -0.156. The molecule has 10 nitrogen and oxygen atoms in total. The first kappa shape index (κ1) is 21.8. The van der Waals surface area contributed by atoms with Crippen LogP contribution < -0.4 is 5.32 Å². The summed E-state index contributed by atoms with van der Waals surface area (Å²) in [5, 5.41) is 8.26. The highest BCUT2D eigenvalue weighted by atomic mass is 16.7. The molecule has 4 rings (SSSR count). The summed E-state index contributed by atoms with van der Waals surface area (Å²) in [4.78, 5) is 45.7. The number of hydrogen-bond acceptors (Lipinski definition) is 6. The van der Waals surface area contributed by atoms with Crippen LogP contribution in [0.3, 0.4) is 0 Å². The minimum atomic E-state index is -0.922. The lowest BCUT2D eigenvalue weighted by Crippen LogP contribution is -2.43. The number of nitrogens with zero attached hydrogens (tertiary/aromatic N) is 4. The van der Waals surface area contributed by atoms with Gasteiger partial charge in [0.2, 0.25) is 5.91 Å². The zero-order valence-corrected chi connectivity index (χ0v) is 18.6. The highest BCUT2D eigenvalue weighted by molar-refractivity contribution is 5.90. The average Bonchev–Trinajstić information content (AvgIpc) is 3.26. The summed E-state index contributed by atoms with van der Waals surface area (Å²) in [5.41, 5.74) is 1.44. The van der Waals surface area contributed by atoms with Crippen LogP contribution in [0.25, 0.3) is 0 Å². The number of esters is 1. The van der Waals surface area contributed by atoms with E-state index in [4.69, 9.17) is 9.57 Å². The van der Waals surface area contributed by atoms with Crippen LogP contribution >= 0.6 is 0 Å². The van der Waals surface area contributed by atoms with Crippen LogP contribution in [0.2, 0.25) is 0 Å². The van der Waals surface area contributed by atoms with E-state index in [1.165, 1.54) is 21.7 Å². The minimum absolute atomic E-state index is 0.167. The normalized spacial score (nSPS) is 19.7. The maximum Gasteiger partial charge on any atom is 0.345 e. The lowest BCUT2D eigenvalue weighted by atomic mass is 9.97. The molecule has 2 atom stereocenters. The molecule has 1 aromatic heterocycles. The molecular weight excluding hydrogens is 414 g/mol. The lowest BCUT2D eigenvalue weighted by Gasteiger charge is -2.30. The monoisotopic (exact) mass is 441 g/mol. The van der Waals surface area contributed by atoms with Crippen LogP contribution in [0.15, 0.2) is 36.5 Å². The fourth-order valence-corrected chi connectivity index (χ4v) is 4.04. The molecule has 0 spiro atoms. The van der Waals surface area contributed by atoms with Crippen molar-refractivity contribution >= 4 is 17.9 Å². The number of carbonyl (C=O) groups is 3. The Morgan fingerprint density at radius 2 is 1.94 bits per heavy atom. The molecule has 0 aliphatic carbocycles. The average molecular weight is 441 g/mol. The summed E-state index contributed by atoms with van der Waals surface area (Å²) >= 11 is 0. The summed E-state index contributed by atoms with van der Waals surface area (Å²) in [5.74, 6) is -0.843. The number of likely N-dealkylation sites (N-methyl/N-ethyl adjacent to an activating group) is 1. The third-order valence-corrected chi connectivity index (χ3v) is 5.33. The Morgan fingerprint density at radius 1 is 1.22 bits per heavy atom. The fourth-order valence-electron chi connectivity index (χ4n) is 4.04. The molecule has 2 bridgehead atoms. The topological polar surface area (TPSA) is 106 Å². The van der Waals surface area contributed by atoms with Gasteiger partial charge in [-0.1, -0.05) is 30.3 Å². The number of urea groups is 1. The van der Waals surface area contributed by atoms with Gasteiger partial charge in [0.05, 0.1) is 18.4 Å². The van der Waals surface area contributed by atoms with E-state index in [1.54, 1.807) is 27.0 Å². The molecule has 10 heteroatoms. The van der Waals surface area contributed by atoms with Gasteiger partial charge in [-0.05, 0) is 26.3 Å². The van der Waals surface area contributed by atoms with E-state index in [1.807, 2.05) is 30.3 Å². The van der Waals surface area contributed by atoms with Crippen LogP contribution in [0, 0.1) is 0 Å². The summed E-state index contributed by atoms with van der Waals surface area (Å²) in [7, 11) is 1.51. The van der Waals surface area contributed by atoms with Crippen molar-refractivity contribution in [3.63, 3.8) is 0 Å². The Balaban J connectivity index is 1.64. The number of fused-ring (bicyclic) bond motifs is 4. The van der Waals surface area contributed by atoms with E-state index >= 15 is 0 Å². The van der Waals surface area contributed by atoms with Crippen molar-refractivity contribution in [2.45, 2.75) is 51.6 Å². The van der Waals surface area contributed by atoms with E-state index in [-0.39, 0.29) is 25.6 Å². The molecule has 2 aliphatic rings. The number of nitrogens with one attached hydrogen (secondary N) is 1. The molecule has 1 fully saturated rings. The molecule has 1 N–H and O–H groups in total. The number of carbonyl (C=O) groups excluding carboxylic acids is 3. The number of amides is 3. The van der Waals surface area contributed by atoms with Crippen molar-refractivity contribution in [2.75, 3.05) is 13.6 Å². The van der Waals surface area contributed by atoms with Gasteiger partial charge in [-0.3, -0.25) is 19.1 Å². The van der Waals surface area contributed by atoms with Crippen molar-refractivity contribution < 1.29 is 24.0 Å². The molecular formula is C22H27N5O5. The third-order valence-electron chi connectivity index (χ3n) is 5.33.